The molecule has 9 nitrogen and oxygen atoms in total. The summed E-state index contributed by atoms with van der Waals surface area (Å²) >= 11 is 0. The Balaban J connectivity index is 1.46. The third-order valence-corrected chi connectivity index (χ3v) is 6.89. The Morgan fingerprint density at radius 3 is 2.41 bits per heavy atom. The smallest absolute Gasteiger partial charge is 0.372 e. The molecule has 208 valence electrons. The van der Waals surface area contributed by atoms with Crippen molar-refractivity contribution < 1.29 is 27.1 Å². The number of aromatic nitrogens is 4. The van der Waals surface area contributed by atoms with Crippen LogP contribution in [0.15, 0.2) is 23.1 Å². The Labute approximate surface area is 221 Å². The summed E-state index contributed by atoms with van der Waals surface area (Å²) in [5.41, 5.74) is -2.33. The number of fused-ring (bicyclic) bond motifs is 1. The van der Waals surface area contributed by atoms with Crippen LogP contribution in [-0.4, -0.2) is 55.6 Å². The first-order valence-corrected chi connectivity index (χ1v) is 12.7. The molecular weight excluding hydrogens is 520 g/mol. The predicted octanol–water partition coefficient (Wildman–Crippen LogP) is 4.41. The van der Waals surface area contributed by atoms with Crippen LogP contribution in [-0.2, 0) is 10.9 Å². The van der Waals surface area contributed by atoms with Crippen LogP contribution in [0.4, 0.5) is 23.4 Å². The summed E-state index contributed by atoms with van der Waals surface area (Å²) in [6.45, 7) is 7.30. The zero-order valence-electron chi connectivity index (χ0n) is 21.8. The molecule has 1 saturated heterocycles. The number of aryl methyl sites for hydroxylation is 1. The molecule has 0 aromatic carbocycles. The van der Waals surface area contributed by atoms with Crippen LogP contribution in [0.25, 0.3) is 11.0 Å². The zero-order valence-corrected chi connectivity index (χ0v) is 21.8. The van der Waals surface area contributed by atoms with Crippen molar-refractivity contribution in [1.29, 1.82) is 0 Å². The molecule has 1 aliphatic heterocycles. The normalized spacial score (nSPS) is 20.8. The molecule has 3 atom stereocenters. The highest BCUT2D eigenvalue weighted by Gasteiger charge is 2.38. The Morgan fingerprint density at radius 2 is 1.82 bits per heavy atom. The van der Waals surface area contributed by atoms with Gasteiger partial charge >= 0.3 is 6.18 Å². The van der Waals surface area contributed by atoms with Crippen molar-refractivity contribution in [3.8, 4) is 0 Å². The van der Waals surface area contributed by atoms with Gasteiger partial charge in [-0.05, 0) is 52.7 Å². The molecule has 1 N–H and O–H groups in total. The maximum atomic E-state index is 15.0. The number of rotatable bonds is 5. The van der Waals surface area contributed by atoms with Gasteiger partial charge in [0.2, 0.25) is 0 Å². The van der Waals surface area contributed by atoms with Crippen LogP contribution in [0.1, 0.15) is 73.1 Å². The maximum absolute atomic E-state index is 15.0. The average molecular weight is 549 g/mol. The van der Waals surface area contributed by atoms with Crippen LogP contribution in [0.5, 0.6) is 0 Å². The summed E-state index contributed by atoms with van der Waals surface area (Å²) in [6.07, 6.45) is -2.45. The molecule has 0 radical (unpaired) electrons. The van der Waals surface area contributed by atoms with Gasteiger partial charge in [0.25, 0.3) is 11.5 Å². The van der Waals surface area contributed by atoms with E-state index in [0.29, 0.717) is 18.9 Å². The number of ether oxygens (including phenoxy) is 1. The number of halogens is 4. The third-order valence-electron chi connectivity index (χ3n) is 6.89. The van der Waals surface area contributed by atoms with E-state index in [-0.39, 0.29) is 46.2 Å². The van der Waals surface area contributed by atoms with Gasteiger partial charge in [0.15, 0.2) is 23.0 Å². The fourth-order valence-corrected chi connectivity index (χ4v) is 5.04. The average Bonchev–Trinajstić information content (AvgIpc) is 3.68. The maximum Gasteiger partial charge on any atom is 0.433 e. The molecule has 3 aromatic rings. The predicted molar refractivity (Wildman–Crippen MR) is 134 cm³/mol. The van der Waals surface area contributed by atoms with Crippen molar-refractivity contribution in [3.63, 3.8) is 0 Å². The molecule has 5 rings (SSSR count). The fourth-order valence-electron chi connectivity index (χ4n) is 5.04. The van der Waals surface area contributed by atoms with E-state index in [1.54, 1.807) is 11.8 Å². The van der Waals surface area contributed by atoms with Gasteiger partial charge in [-0.2, -0.15) is 13.2 Å². The molecule has 2 aliphatic rings. The van der Waals surface area contributed by atoms with E-state index in [2.05, 4.69) is 20.3 Å². The van der Waals surface area contributed by atoms with Crippen molar-refractivity contribution in [2.45, 2.75) is 71.0 Å². The van der Waals surface area contributed by atoms with E-state index in [9.17, 15) is 22.8 Å². The van der Waals surface area contributed by atoms with Gasteiger partial charge in [-0.1, -0.05) is 0 Å². The number of hydrogen-bond donors (Lipinski definition) is 1. The lowest BCUT2D eigenvalue weighted by Crippen LogP contribution is -2.48. The monoisotopic (exact) mass is 548 g/mol. The zero-order chi connectivity index (χ0) is 28.2. The second-order valence-corrected chi connectivity index (χ2v) is 10.2. The molecule has 1 amide bonds. The van der Waals surface area contributed by atoms with Gasteiger partial charge < -0.3 is 15.0 Å². The van der Waals surface area contributed by atoms with Crippen molar-refractivity contribution >= 4 is 22.8 Å². The Bertz CT molecular complexity index is 1490. The molecule has 1 aliphatic carbocycles. The van der Waals surface area contributed by atoms with Crippen LogP contribution < -0.4 is 10.9 Å². The number of nitrogens with zero attached hydrogens (tertiary/aromatic N) is 5. The minimum absolute atomic E-state index is 0.0115. The number of carbonyl (C=O) groups excluding carboxylic acids is 1. The number of anilines is 1. The first kappa shape index (κ1) is 27.0. The van der Waals surface area contributed by atoms with Crippen molar-refractivity contribution in [2.75, 3.05) is 18.4 Å². The minimum Gasteiger partial charge on any atom is -0.372 e. The highest BCUT2D eigenvalue weighted by atomic mass is 19.4. The fraction of sp³-hybridized carbons (Fsp3) is 0.500. The summed E-state index contributed by atoms with van der Waals surface area (Å²) in [6, 6.07) is 0.948. The summed E-state index contributed by atoms with van der Waals surface area (Å²) < 4.78 is 64.1. The molecular formula is C26H28F4N6O3. The lowest BCUT2D eigenvalue weighted by molar-refractivity contribution is -0.141. The molecule has 0 unspecified atom stereocenters. The summed E-state index contributed by atoms with van der Waals surface area (Å²) in [5, 5.41) is 2.60. The van der Waals surface area contributed by atoms with Crippen LogP contribution in [0.2, 0.25) is 0 Å². The van der Waals surface area contributed by atoms with Crippen molar-refractivity contribution in [2.24, 2.45) is 0 Å². The standard InChI is InChI=1S/C26H28F4N6O3/c1-12-10-35(11-13(2)39-12)24(37)16-7-20(27)23(31-9-16)32-14(3)18-8-19-22(34-21(18)26(28,29)30)33-15(4)36(25(19)38)17-5-6-17/h7-9,12-14,17H,5-6,10-11H2,1-4H3,(H,31,32)/t12-,13+,14-/m0/s1. The van der Waals surface area contributed by atoms with E-state index in [4.69, 9.17) is 4.74 Å². The van der Waals surface area contributed by atoms with E-state index < -0.39 is 35.2 Å². The molecule has 4 heterocycles. The SMILES string of the molecule is Cc1nc2nc(C(F)(F)F)c([C@H](C)Nc3ncc(C(=O)N4C[C@@H](C)O[C@@H](C)C4)cc3F)cc2c(=O)n1C1CC1. The second kappa shape index (κ2) is 9.85. The quantitative estimate of drug-likeness (QED) is 0.472. The molecule has 13 heteroatoms. The Kier molecular flexibility index (Phi) is 6.81. The third kappa shape index (κ3) is 5.32. The summed E-state index contributed by atoms with van der Waals surface area (Å²) in [4.78, 5) is 39.4. The number of pyridine rings is 2. The topological polar surface area (TPSA) is 102 Å². The number of morpholine rings is 1. The van der Waals surface area contributed by atoms with E-state index >= 15 is 4.39 Å². The van der Waals surface area contributed by atoms with E-state index in [0.717, 1.165) is 25.0 Å². The molecule has 0 spiro atoms. The van der Waals surface area contributed by atoms with Gasteiger partial charge in [-0.15, -0.1) is 0 Å². The molecule has 2 fully saturated rings. The largest absolute Gasteiger partial charge is 0.433 e. The van der Waals surface area contributed by atoms with Crippen molar-refractivity contribution in [3.05, 3.63) is 57.1 Å². The van der Waals surface area contributed by atoms with Crippen LogP contribution in [0, 0.1) is 12.7 Å². The summed E-state index contributed by atoms with van der Waals surface area (Å²) in [7, 11) is 0. The number of carbonyl (C=O) groups is 1. The van der Waals surface area contributed by atoms with E-state index in [1.165, 1.54) is 17.7 Å². The second-order valence-electron chi connectivity index (χ2n) is 10.2. The van der Waals surface area contributed by atoms with Gasteiger partial charge in [0.1, 0.15) is 5.82 Å². The van der Waals surface area contributed by atoms with Gasteiger partial charge in [0.05, 0.1) is 29.2 Å². The minimum atomic E-state index is -4.85. The lowest BCUT2D eigenvalue weighted by atomic mass is 10.0. The lowest BCUT2D eigenvalue weighted by Gasteiger charge is -2.35. The van der Waals surface area contributed by atoms with Gasteiger partial charge in [0, 0.05) is 30.9 Å². The summed E-state index contributed by atoms with van der Waals surface area (Å²) in [5.74, 6) is -1.36. The van der Waals surface area contributed by atoms with Gasteiger partial charge in [-0.25, -0.2) is 19.3 Å². The first-order valence-electron chi connectivity index (χ1n) is 12.7. The first-order chi connectivity index (χ1) is 18.3. The number of amides is 1. The highest BCUT2D eigenvalue weighted by molar-refractivity contribution is 5.94. The number of alkyl halides is 3. The molecule has 39 heavy (non-hydrogen) atoms. The molecule has 0 bridgehead atoms. The molecule has 3 aromatic heterocycles. The Hall–Kier alpha value is -3.61. The number of nitrogens with one attached hydrogen (secondary N) is 1. The van der Waals surface area contributed by atoms with Gasteiger partial charge in [-0.3, -0.25) is 14.2 Å². The molecule has 1 saturated carbocycles. The van der Waals surface area contributed by atoms with Crippen molar-refractivity contribution in [1.82, 2.24) is 24.4 Å². The Morgan fingerprint density at radius 1 is 1.15 bits per heavy atom. The van der Waals surface area contributed by atoms with Crippen LogP contribution >= 0.6 is 0 Å². The highest BCUT2D eigenvalue weighted by Crippen LogP contribution is 2.37. The van der Waals surface area contributed by atoms with E-state index in [1.807, 2.05) is 13.8 Å². The van der Waals surface area contributed by atoms with Crippen LogP contribution in [0.3, 0.4) is 0 Å². The number of hydrogen-bond acceptors (Lipinski definition) is 7.